The molecule has 1 aliphatic rings. The Hall–Kier alpha value is -3.62. The van der Waals surface area contributed by atoms with Crippen molar-refractivity contribution in [2.45, 2.75) is 12.7 Å². The molecule has 1 heterocycles. The molecule has 0 aliphatic carbocycles. The minimum absolute atomic E-state index is 0.00162. The van der Waals surface area contributed by atoms with E-state index in [2.05, 4.69) is 10.1 Å². The lowest BCUT2D eigenvalue weighted by Crippen LogP contribution is -2.49. The number of methoxy groups -OCH3 is 1. The second-order valence-corrected chi connectivity index (χ2v) is 6.23. The van der Waals surface area contributed by atoms with E-state index in [-0.39, 0.29) is 29.5 Å². The maximum Gasteiger partial charge on any atom is 0.387 e. The smallest absolute Gasteiger partial charge is 0.387 e. The molecule has 0 unspecified atom stereocenters. The number of hydrogen-bond donors (Lipinski definition) is 1. The molecule has 2 amide bonds. The molecular weight excluding hydrogens is 398 g/mol. The number of rotatable bonds is 6. The number of ether oxygens (including phenoxy) is 3. The van der Waals surface area contributed by atoms with Gasteiger partial charge in [-0.25, -0.2) is 0 Å². The second kappa shape index (κ2) is 9.25. The van der Waals surface area contributed by atoms with Gasteiger partial charge in [-0.2, -0.15) is 8.78 Å². The predicted molar refractivity (Wildman–Crippen MR) is 106 cm³/mol. The summed E-state index contributed by atoms with van der Waals surface area (Å²) in [6.45, 7) is -3.05. The first-order chi connectivity index (χ1) is 14.4. The van der Waals surface area contributed by atoms with E-state index in [0.29, 0.717) is 11.4 Å². The number of anilines is 1. The second-order valence-electron chi connectivity index (χ2n) is 6.23. The summed E-state index contributed by atoms with van der Waals surface area (Å²) in [5.74, 6) is -0.495. The van der Waals surface area contributed by atoms with Gasteiger partial charge < -0.3 is 24.4 Å². The first-order valence-corrected chi connectivity index (χ1v) is 9.03. The Morgan fingerprint density at radius 3 is 2.70 bits per heavy atom. The standard InChI is InChI=1S/C21H20F2N2O5/c1-24-20(27)17-12-25(14-7-3-4-8-15(14)29-17)18(26)11-10-13-6-5-9-16(28-2)19(13)30-21(22)23/h3-11,17,21H,12H2,1-2H3,(H,24,27)/b11-10+/t17-/m0/s1. The highest BCUT2D eigenvalue weighted by Crippen LogP contribution is 2.35. The van der Waals surface area contributed by atoms with Gasteiger partial charge in [0, 0.05) is 18.7 Å². The largest absolute Gasteiger partial charge is 0.493 e. The number of hydrogen-bond acceptors (Lipinski definition) is 5. The van der Waals surface area contributed by atoms with Gasteiger partial charge in [-0.05, 0) is 24.3 Å². The molecule has 0 saturated carbocycles. The molecular formula is C21H20F2N2O5. The zero-order chi connectivity index (χ0) is 21.7. The lowest BCUT2D eigenvalue weighted by molar-refractivity contribution is -0.127. The Kier molecular flexibility index (Phi) is 6.51. The number of benzene rings is 2. The molecule has 7 nitrogen and oxygen atoms in total. The van der Waals surface area contributed by atoms with Crippen molar-refractivity contribution < 1.29 is 32.6 Å². The summed E-state index contributed by atoms with van der Waals surface area (Å²) in [5.41, 5.74) is 0.745. The number of nitrogens with one attached hydrogen (secondary N) is 1. The molecule has 0 bridgehead atoms. The van der Waals surface area contributed by atoms with E-state index < -0.39 is 18.6 Å². The van der Waals surface area contributed by atoms with Crippen molar-refractivity contribution in [1.29, 1.82) is 0 Å². The van der Waals surface area contributed by atoms with Crippen molar-refractivity contribution in [2.24, 2.45) is 0 Å². The Morgan fingerprint density at radius 2 is 2.00 bits per heavy atom. The molecule has 9 heteroatoms. The highest BCUT2D eigenvalue weighted by molar-refractivity contribution is 6.06. The van der Waals surface area contributed by atoms with Crippen molar-refractivity contribution in [1.82, 2.24) is 5.32 Å². The van der Waals surface area contributed by atoms with Crippen LogP contribution in [0.1, 0.15) is 5.56 Å². The molecule has 0 aromatic heterocycles. The normalized spacial score (nSPS) is 15.5. The molecule has 30 heavy (non-hydrogen) atoms. The van der Waals surface area contributed by atoms with Crippen LogP contribution in [0.15, 0.2) is 48.5 Å². The van der Waals surface area contributed by atoms with Gasteiger partial charge >= 0.3 is 6.61 Å². The van der Waals surface area contributed by atoms with Gasteiger partial charge in [-0.3, -0.25) is 9.59 Å². The van der Waals surface area contributed by atoms with E-state index in [4.69, 9.17) is 9.47 Å². The number of halogens is 2. The average molecular weight is 418 g/mol. The third-order valence-electron chi connectivity index (χ3n) is 4.42. The molecule has 158 valence electrons. The van der Waals surface area contributed by atoms with E-state index in [0.717, 1.165) is 0 Å². The topological polar surface area (TPSA) is 77.1 Å². The van der Waals surface area contributed by atoms with Gasteiger partial charge in [0.15, 0.2) is 17.6 Å². The number of likely N-dealkylation sites (N-methyl/N-ethyl adjacent to an activating group) is 1. The van der Waals surface area contributed by atoms with Crippen LogP contribution in [0.3, 0.4) is 0 Å². The minimum atomic E-state index is -3.05. The first kappa shape index (κ1) is 21.1. The molecule has 2 aromatic rings. The molecule has 1 aliphatic heterocycles. The number of alkyl halides is 2. The van der Waals surface area contributed by atoms with Crippen LogP contribution in [-0.2, 0) is 9.59 Å². The van der Waals surface area contributed by atoms with E-state index in [9.17, 15) is 18.4 Å². The monoisotopic (exact) mass is 418 g/mol. The Bertz CT molecular complexity index is 964. The zero-order valence-corrected chi connectivity index (χ0v) is 16.3. The van der Waals surface area contributed by atoms with Crippen LogP contribution in [0.5, 0.6) is 17.2 Å². The van der Waals surface area contributed by atoms with E-state index >= 15 is 0 Å². The number of para-hydroxylation sites is 3. The fraction of sp³-hybridized carbons (Fsp3) is 0.238. The summed E-state index contributed by atoms with van der Waals surface area (Å²) in [5, 5.41) is 2.50. The van der Waals surface area contributed by atoms with Gasteiger partial charge in [0.05, 0.1) is 19.3 Å². The van der Waals surface area contributed by atoms with Gasteiger partial charge in [0.25, 0.3) is 11.8 Å². The van der Waals surface area contributed by atoms with Gasteiger partial charge in [-0.15, -0.1) is 0 Å². The summed E-state index contributed by atoms with van der Waals surface area (Å²) in [7, 11) is 2.81. The van der Waals surface area contributed by atoms with Crippen molar-refractivity contribution >= 4 is 23.6 Å². The Morgan fingerprint density at radius 1 is 1.23 bits per heavy atom. The summed E-state index contributed by atoms with van der Waals surface area (Å²) < 4.78 is 40.9. The molecule has 3 rings (SSSR count). The number of fused-ring (bicyclic) bond motifs is 1. The van der Waals surface area contributed by atoms with E-state index in [1.54, 1.807) is 30.3 Å². The average Bonchev–Trinajstić information content (AvgIpc) is 2.76. The summed E-state index contributed by atoms with van der Waals surface area (Å²) >= 11 is 0. The van der Waals surface area contributed by atoms with Gasteiger partial charge in [0.1, 0.15) is 5.75 Å². The van der Waals surface area contributed by atoms with Crippen LogP contribution < -0.4 is 24.4 Å². The molecule has 0 radical (unpaired) electrons. The van der Waals surface area contributed by atoms with Gasteiger partial charge in [0.2, 0.25) is 0 Å². The maximum atomic E-state index is 12.9. The summed E-state index contributed by atoms with van der Waals surface area (Å²) in [6.07, 6.45) is 1.70. The van der Waals surface area contributed by atoms with Crippen LogP contribution >= 0.6 is 0 Å². The molecule has 0 spiro atoms. The SMILES string of the molecule is CNC(=O)[C@@H]1CN(C(=O)/C=C/c2cccc(OC)c2OC(F)F)c2ccccc2O1. The van der Waals surface area contributed by atoms with Crippen molar-refractivity contribution in [2.75, 3.05) is 25.6 Å². The molecule has 2 aromatic carbocycles. The summed E-state index contributed by atoms with van der Waals surface area (Å²) in [4.78, 5) is 26.4. The van der Waals surface area contributed by atoms with Crippen LogP contribution in [0.2, 0.25) is 0 Å². The quantitative estimate of drug-likeness (QED) is 0.730. The highest BCUT2D eigenvalue weighted by Gasteiger charge is 2.32. The lowest BCUT2D eigenvalue weighted by Gasteiger charge is -2.33. The fourth-order valence-corrected chi connectivity index (χ4v) is 3.03. The third kappa shape index (κ3) is 4.51. The minimum Gasteiger partial charge on any atom is -0.493 e. The van der Waals surface area contributed by atoms with Crippen LogP contribution in [-0.4, -0.2) is 45.2 Å². The van der Waals surface area contributed by atoms with E-state index in [1.807, 2.05) is 0 Å². The van der Waals surface area contributed by atoms with Crippen molar-refractivity contribution in [3.05, 3.63) is 54.1 Å². The van der Waals surface area contributed by atoms with Crippen LogP contribution in [0.4, 0.5) is 14.5 Å². The zero-order valence-electron chi connectivity index (χ0n) is 16.3. The number of nitrogens with zero attached hydrogens (tertiary/aromatic N) is 1. The van der Waals surface area contributed by atoms with Crippen molar-refractivity contribution in [3.8, 4) is 17.2 Å². The van der Waals surface area contributed by atoms with Gasteiger partial charge in [-0.1, -0.05) is 24.3 Å². The number of amides is 2. The third-order valence-corrected chi connectivity index (χ3v) is 4.42. The fourth-order valence-electron chi connectivity index (χ4n) is 3.03. The number of carbonyl (C=O) groups is 2. The Balaban J connectivity index is 1.90. The maximum absolute atomic E-state index is 12.9. The highest BCUT2D eigenvalue weighted by atomic mass is 19.3. The lowest BCUT2D eigenvalue weighted by atomic mass is 10.1. The van der Waals surface area contributed by atoms with Crippen molar-refractivity contribution in [3.63, 3.8) is 0 Å². The molecule has 1 N–H and O–H groups in total. The van der Waals surface area contributed by atoms with E-state index in [1.165, 1.54) is 43.3 Å². The van der Waals surface area contributed by atoms with Crippen LogP contribution in [0, 0.1) is 0 Å². The molecule has 0 saturated heterocycles. The molecule has 0 fully saturated rings. The molecule has 1 atom stereocenters. The predicted octanol–water partition coefficient (Wildman–Crippen LogP) is 2.85. The Labute approximate surface area is 171 Å². The first-order valence-electron chi connectivity index (χ1n) is 9.03. The number of carbonyl (C=O) groups excluding carboxylic acids is 2. The van der Waals surface area contributed by atoms with Crippen LogP contribution in [0.25, 0.3) is 6.08 Å². The summed E-state index contributed by atoms with van der Waals surface area (Å²) in [6, 6.07) is 11.4.